The summed E-state index contributed by atoms with van der Waals surface area (Å²) in [6.45, 7) is 0. The smallest absolute Gasteiger partial charge is 0.328 e. The molecule has 1 aromatic heterocycles. The number of thiophene rings is 1. The molecule has 4 nitrogen and oxygen atoms in total. The molecule has 0 radical (unpaired) electrons. The third kappa shape index (κ3) is 3.55. The van der Waals surface area contributed by atoms with Gasteiger partial charge >= 0.3 is 5.97 Å². The molecule has 1 heterocycles. The van der Waals surface area contributed by atoms with Gasteiger partial charge in [0.1, 0.15) is 6.04 Å². The average Bonchev–Trinajstić information content (AvgIpc) is 3.03. The molecule has 1 aromatic rings. The second-order valence-corrected chi connectivity index (χ2v) is 6.87. The number of carbonyl (C=O) groups is 2. The molecule has 0 spiro atoms. The van der Waals surface area contributed by atoms with E-state index < -0.39 is 6.04 Å². The summed E-state index contributed by atoms with van der Waals surface area (Å²) in [7, 11) is 1.35. The average molecular weight is 313 g/mol. The van der Waals surface area contributed by atoms with E-state index in [0.717, 1.165) is 18.6 Å². The maximum atomic E-state index is 12.2. The first kappa shape index (κ1) is 15.4. The van der Waals surface area contributed by atoms with Gasteiger partial charge in [0.25, 0.3) is 5.91 Å². The van der Waals surface area contributed by atoms with E-state index in [1.807, 2.05) is 12.3 Å². The van der Waals surface area contributed by atoms with Crippen molar-refractivity contribution in [2.75, 3.05) is 19.1 Å². The molecular weight excluding hydrogens is 294 g/mol. The Bertz CT molecular complexity index is 477. The normalized spacial score (nSPS) is 14.7. The SMILES string of the molecule is COC(=O)[C@H](CCSC)NC(=O)c1cc2c(s1)CCC2. The molecule has 6 heteroatoms. The molecule has 110 valence electrons. The summed E-state index contributed by atoms with van der Waals surface area (Å²) in [5.74, 6) is 0.262. The Kier molecular flexibility index (Phi) is 5.48. The van der Waals surface area contributed by atoms with E-state index in [2.05, 4.69) is 5.32 Å². The summed E-state index contributed by atoms with van der Waals surface area (Å²) >= 11 is 3.19. The highest BCUT2D eigenvalue weighted by atomic mass is 32.2. The minimum atomic E-state index is -0.558. The lowest BCUT2D eigenvalue weighted by Crippen LogP contribution is -2.41. The molecule has 2 rings (SSSR count). The van der Waals surface area contributed by atoms with Crippen LogP contribution in [0.5, 0.6) is 0 Å². The fraction of sp³-hybridized carbons (Fsp3) is 0.571. The first-order chi connectivity index (χ1) is 9.65. The fourth-order valence-corrected chi connectivity index (χ4v) is 3.93. The highest BCUT2D eigenvalue weighted by Gasteiger charge is 2.24. The van der Waals surface area contributed by atoms with Crippen LogP contribution in [0.4, 0.5) is 0 Å². The quantitative estimate of drug-likeness (QED) is 0.819. The van der Waals surface area contributed by atoms with Crippen LogP contribution in [0, 0.1) is 0 Å². The van der Waals surface area contributed by atoms with E-state index in [1.54, 1.807) is 23.1 Å². The predicted molar refractivity (Wildman–Crippen MR) is 82.6 cm³/mol. The molecule has 0 aliphatic heterocycles. The van der Waals surface area contributed by atoms with Crippen molar-refractivity contribution in [2.45, 2.75) is 31.7 Å². The Balaban J connectivity index is 2.01. The van der Waals surface area contributed by atoms with E-state index in [1.165, 1.54) is 24.0 Å². The Labute approximate surface area is 127 Å². The first-order valence-electron chi connectivity index (χ1n) is 6.65. The van der Waals surface area contributed by atoms with Crippen LogP contribution in [-0.4, -0.2) is 37.0 Å². The number of methoxy groups -OCH3 is 1. The largest absolute Gasteiger partial charge is 0.467 e. The number of carbonyl (C=O) groups excluding carboxylic acids is 2. The molecule has 1 atom stereocenters. The van der Waals surface area contributed by atoms with Crippen LogP contribution in [0.1, 0.15) is 33.0 Å². The second-order valence-electron chi connectivity index (χ2n) is 4.74. The lowest BCUT2D eigenvalue weighted by atomic mass is 10.2. The van der Waals surface area contributed by atoms with Gasteiger partial charge in [-0.3, -0.25) is 4.79 Å². The van der Waals surface area contributed by atoms with Gasteiger partial charge in [0, 0.05) is 4.88 Å². The molecular formula is C14H19NO3S2. The van der Waals surface area contributed by atoms with Gasteiger partial charge in [-0.05, 0) is 49.3 Å². The third-order valence-corrected chi connectivity index (χ3v) is 5.25. The predicted octanol–water partition coefficient (Wildman–Crippen LogP) is 2.26. The summed E-state index contributed by atoms with van der Waals surface area (Å²) in [5, 5.41) is 2.79. The molecule has 1 N–H and O–H groups in total. The van der Waals surface area contributed by atoms with E-state index in [0.29, 0.717) is 11.3 Å². The molecule has 0 saturated heterocycles. The number of hydrogen-bond acceptors (Lipinski definition) is 5. The lowest BCUT2D eigenvalue weighted by Gasteiger charge is -2.15. The molecule has 0 bridgehead atoms. The molecule has 20 heavy (non-hydrogen) atoms. The van der Waals surface area contributed by atoms with Gasteiger partial charge in [-0.2, -0.15) is 11.8 Å². The van der Waals surface area contributed by atoms with E-state index in [9.17, 15) is 9.59 Å². The van der Waals surface area contributed by atoms with E-state index in [4.69, 9.17) is 4.74 Å². The molecule has 0 saturated carbocycles. The Hall–Kier alpha value is -1.01. The number of fused-ring (bicyclic) bond motifs is 1. The Morgan fingerprint density at radius 2 is 2.30 bits per heavy atom. The van der Waals surface area contributed by atoms with Gasteiger partial charge in [-0.25, -0.2) is 4.79 Å². The monoisotopic (exact) mass is 313 g/mol. The van der Waals surface area contributed by atoms with Crippen LogP contribution in [0.3, 0.4) is 0 Å². The van der Waals surface area contributed by atoms with Gasteiger partial charge in [-0.1, -0.05) is 0 Å². The summed E-state index contributed by atoms with van der Waals surface area (Å²) in [6, 6.07) is 1.41. The zero-order chi connectivity index (χ0) is 14.5. The summed E-state index contributed by atoms with van der Waals surface area (Å²) in [4.78, 5) is 25.9. The number of ether oxygens (including phenoxy) is 1. The van der Waals surface area contributed by atoms with Gasteiger partial charge in [0.05, 0.1) is 12.0 Å². The highest BCUT2D eigenvalue weighted by molar-refractivity contribution is 7.98. The van der Waals surface area contributed by atoms with Crippen molar-refractivity contribution in [3.8, 4) is 0 Å². The summed E-state index contributed by atoms with van der Waals surface area (Å²) in [6.07, 6.45) is 5.87. The number of rotatable bonds is 6. The number of aryl methyl sites for hydroxylation is 2. The van der Waals surface area contributed by atoms with Crippen LogP contribution < -0.4 is 5.32 Å². The molecule has 1 amide bonds. The fourth-order valence-electron chi connectivity index (χ4n) is 2.30. The van der Waals surface area contributed by atoms with Crippen molar-refractivity contribution in [1.82, 2.24) is 5.32 Å². The maximum Gasteiger partial charge on any atom is 0.328 e. The number of hydrogen-bond donors (Lipinski definition) is 1. The molecule has 0 unspecified atom stereocenters. The van der Waals surface area contributed by atoms with Gasteiger partial charge in [0.2, 0.25) is 0 Å². The topological polar surface area (TPSA) is 55.4 Å². The zero-order valence-corrected chi connectivity index (χ0v) is 13.4. The van der Waals surface area contributed by atoms with Crippen LogP contribution in [0.25, 0.3) is 0 Å². The number of amides is 1. The van der Waals surface area contributed by atoms with Crippen molar-refractivity contribution in [3.63, 3.8) is 0 Å². The van der Waals surface area contributed by atoms with Crippen molar-refractivity contribution in [3.05, 3.63) is 21.4 Å². The molecule has 0 fully saturated rings. The number of thioether (sulfide) groups is 1. The number of esters is 1. The molecule has 1 aliphatic carbocycles. The van der Waals surface area contributed by atoms with Crippen molar-refractivity contribution >= 4 is 35.0 Å². The van der Waals surface area contributed by atoms with Gasteiger partial charge < -0.3 is 10.1 Å². The minimum Gasteiger partial charge on any atom is -0.467 e. The summed E-state index contributed by atoms with van der Waals surface area (Å²) in [5.41, 5.74) is 1.29. The van der Waals surface area contributed by atoms with Crippen molar-refractivity contribution in [2.24, 2.45) is 0 Å². The highest BCUT2D eigenvalue weighted by Crippen LogP contribution is 2.30. The van der Waals surface area contributed by atoms with Gasteiger partial charge in [0.15, 0.2) is 0 Å². The summed E-state index contributed by atoms with van der Waals surface area (Å²) < 4.78 is 4.75. The van der Waals surface area contributed by atoms with E-state index in [-0.39, 0.29) is 11.9 Å². The minimum absolute atomic E-state index is 0.166. The van der Waals surface area contributed by atoms with Crippen LogP contribution in [0.2, 0.25) is 0 Å². The third-order valence-electron chi connectivity index (χ3n) is 3.37. The lowest BCUT2D eigenvalue weighted by molar-refractivity contribution is -0.142. The van der Waals surface area contributed by atoms with Crippen molar-refractivity contribution in [1.29, 1.82) is 0 Å². The van der Waals surface area contributed by atoms with E-state index >= 15 is 0 Å². The Morgan fingerprint density at radius 3 is 2.95 bits per heavy atom. The maximum absolute atomic E-state index is 12.2. The first-order valence-corrected chi connectivity index (χ1v) is 8.86. The van der Waals surface area contributed by atoms with Crippen LogP contribution in [-0.2, 0) is 22.4 Å². The molecule has 1 aliphatic rings. The van der Waals surface area contributed by atoms with Crippen molar-refractivity contribution < 1.29 is 14.3 Å². The van der Waals surface area contributed by atoms with Gasteiger partial charge in [-0.15, -0.1) is 11.3 Å². The second kappa shape index (κ2) is 7.13. The standard InChI is InChI=1S/C14H19NO3S2/c1-18-14(17)10(6-7-19-2)15-13(16)12-8-9-4-3-5-11(9)20-12/h8,10H,3-7H2,1-2H3,(H,15,16)/t10-/m0/s1. The number of nitrogens with one attached hydrogen (secondary N) is 1. The molecule has 0 aromatic carbocycles. The van der Waals surface area contributed by atoms with Crippen LogP contribution in [0.15, 0.2) is 6.07 Å². The zero-order valence-electron chi connectivity index (χ0n) is 11.7. The van der Waals surface area contributed by atoms with Crippen LogP contribution >= 0.6 is 23.1 Å². The Morgan fingerprint density at radius 1 is 1.50 bits per heavy atom.